The van der Waals surface area contributed by atoms with Crippen molar-refractivity contribution in [1.29, 1.82) is 0 Å². The zero-order chi connectivity index (χ0) is 52.5. The highest BCUT2D eigenvalue weighted by Gasteiger charge is 2.46. The minimum atomic E-state index is -0.282. The van der Waals surface area contributed by atoms with Crippen molar-refractivity contribution in [3.05, 3.63) is 301 Å². The molecule has 2 aliphatic heterocycles. The highest BCUT2D eigenvalue weighted by molar-refractivity contribution is 5.97. The molecule has 0 saturated heterocycles. The fourth-order valence-corrected chi connectivity index (χ4v) is 12.5. The Bertz CT molecular complexity index is 3990. The van der Waals surface area contributed by atoms with Crippen LogP contribution in [0.1, 0.15) is 49.9 Å². The number of hydrogen-bond acceptors (Lipinski definition) is 2. The van der Waals surface area contributed by atoms with Crippen molar-refractivity contribution in [2.24, 2.45) is 0 Å². The lowest BCUT2D eigenvalue weighted by atomic mass is 9.65. The van der Waals surface area contributed by atoms with Crippen LogP contribution < -0.4 is 9.80 Å². The standard InChI is InChI=1S/C76H58N2/c1-75(2)68-47-62(53-21-13-7-14-22-53)36-43-72(68)78-73-44-37-63(54-23-15-8-16-24-54)48-69(73)76(3,4)71-50-64(49-70(75)74(71)78)58-27-25-57(26-28-58)59-29-30-61-46-67(42-35-60(61)45-59)77(65-38-31-55(32-39-65)51-17-9-5-10-18-51)66-40-33-56(34-41-66)52-19-11-6-12-20-52/h5-50H,1-4H3. The maximum Gasteiger partial charge on any atom is 0.0544 e. The van der Waals surface area contributed by atoms with E-state index in [2.05, 4.69) is 317 Å². The van der Waals surface area contributed by atoms with E-state index >= 15 is 0 Å². The molecule has 0 aliphatic carbocycles. The van der Waals surface area contributed by atoms with E-state index in [1.54, 1.807) is 0 Å². The third kappa shape index (κ3) is 8.03. The van der Waals surface area contributed by atoms with Crippen molar-refractivity contribution >= 4 is 44.9 Å². The summed E-state index contributed by atoms with van der Waals surface area (Å²) in [7, 11) is 0. The summed E-state index contributed by atoms with van der Waals surface area (Å²) in [6.45, 7) is 9.70. The molecule has 14 rings (SSSR count). The van der Waals surface area contributed by atoms with Gasteiger partial charge in [-0.25, -0.2) is 0 Å². The Kier molecular flexibility index (Phi) is 11.2. The summed E-state index contributed by atoms with van der Waals surface area (Å²) in [5, 5.41) is 2.39. The van der Waals surface area contributed by atoms with Crippen molar-refractivity contribution in [3.63, 3.8) is 0 Å². The Morgan fingerprint density at radius 3 is 0.987 bits per heavy atom. The summed E-state index contributed by atoms with van der Waals surface area (Å²) in [5.74, 6) is 0. The van der Waals surface area contributed by atoms with Gasteiger partial charge in [0.2, 0.25) is 0 Å². The Balaban J connectivity index is 0.823. The summed E-state index contributed by atoms with van der Waals surface area (Å²) in [6.07, 6.45) is 0. The average Bonchev–Trinajstić information content (AvgIpc) is 3.66. The third-order valence-corrected chi connectivity index (χ3v) is 16.8. The van der Waals surface area contributed by atoms with Gasteiger partial charge in [-0.05, 0) is 179 Å². The van der Waals surface area contributed by atoms with Gasteiger partial charge >= 0.3 is 0 Å². The first-order valence-corrected chi connectivity index (χ1v) is 27.3. The first kappa shape index (κ1) is 47.0. The van der Waals surface area contributed by atoms with Crippen LogP contribution in [0.25, 0.3) is 77.5 Å². The van der Waals surface area contributed by atoms with Gasteiger partial charge < -0.3 is 9.80 Å². The van der Waals surface area contributed by atoms with Gasteiger partial charge in [0.15, 0.2) is 0 Å². The summed E-state index contributed by atoms with van der Waals surface area (Å²) >= 11 is 0. The van der Waals surface area contributed by atoms with E-state index in [4.69, 9.17) is 0 Å². The molecule has 0 saturated carbocycles. The number of anilines is 6. The lowest BCUT2D eigenvalue weighted by Crippen LogP contribution is -2.38. The summed E-state index contributed by atoms with van der Waals surface area (Å²) in [6, 6.07) is 103. The molecule has 2 heteroatoms. The zero-order valence-corrected chi connectivity index (χ0v) is 44.5. The topological polar surface area (TPSA) is 6.48 Å². The largest absolute Gasteiger partial charge is 0.310 e. The van der Waals surface area contributed by atoms with Crippen LogP contribution in [-0.2, 0) is 10.8 Å². The SMILES string of the molecule is CC1(C)c2cc(-c3ccccc3)ccc2N2c3ccc(-c4ccccc4)cc3C(C)(C)c3cc(-c4ccc(-c5ccc6cc(N(c7ccc(-c8ccccc8)cc7)c7ccc(-c8ccccc8)cc7)ccc6c5)cc4)cc1c32. The van der Waals surface area contributed by atoms with Crippen molar-refractivity contribution in [3.8, 4) is 66.8 Å². The third-order valence-electron chi connectivity index (χ3n) is 16.8. The van der Waals surface area contributed by atoms with Crippen LogP contribution in [0.5, 0.6) is 0 Å². The second-order valence-electron chi connectivity index (χ2n) is 22.2. The molecule has 78 heavy (non-hydrogen) atoms. The average molecular weight is 999 g/mol. The molecule has 12 aromatic carbocycles. The maximum atomic E-state index is 2.58. The zero-order valence-electron chi connectivity index (χ0n) is 44.5. The van der Waals surface area contributed by atoms with E-state index in [1.807, 2.05) is 0 Å². The Hall–Kier alpha value is -9.50. The fourth-order valence-electron chi connectivity index (χ4n) is 12.5. The first-order chi connectivity index (χ1) is 38.2. The molecule has 372 valence electrons. The van der Waals surface area contributed by atoms with E-state index in [9.17, 15) is 0 Å². The van der Waals surface area contributed by atoms with Crippen LogP contribution >= 0.6 is 0 Å². The minimum Gasteiger partial charge on any atom is -0.310 e. The normalized spacial score (nSPS) is 13.6. The van der Waals surface area contributed by atoms with Gasteiger partial charge in [0.25, 0.3) is 0 Å². The van der Waals surface area contributed by atoms with Gasteiger partial charge in [0.05, 0.1) is 17.1 Å². The van der Waals surface area contributed by atoms with Crippen molar-refractivity contribution in [2.75, 3.05) is 9.80 Å². The predicted molar refractivity (Wildman–Crippen MR) is 330 cm³/mol. The summed E-state index contributed by atoms with van der Waals surface area (Å²) < 4.78 is 0. The number of rotatable bonds is 9. The quantitative estimate of drug-likeness (QED) is 0.142. The molecule has 0 radical (unpaired) electrons. The van der Waals surface area contributed by atoms with Crippen LogP contribution in [-0.4, -0.2) is 0 Å². The number of fused-ring (bicyclic) bond motifs is 5. The van der Waals surface area contributed by atoms with E-state index in [0.29, 0.717) is 0 Å². The molecular formula is C76H58N2. The van der Waals surface area contributed by atoms with Crippen molar-refractivity contribution in [2.45, 2.75) is 38.5 Å². The smallest absolute Gasteiger partial charge is 0.0544 e. The Morgan fingerprint density at radius 1 is 0.244 bits per heavy atom. The van der Waals surface area contributed by atoms with Gasteiger partial charge in [-0.15, -0.1) is 0 Å². The van der Waals surface area contributed by atoms with Crippen LogP contribution in [0.15, 0.2) is 279 Å². The van der Waals surface area contributed by atoms with E-state index < -0.39 is 0 Å². The molecule has 2 heterocycles. The Morgan fingerprint density at radius 2 is 0.538 bits per heavy atom. The van der Waals surface area contributed by atoms with E-state index in [0.717, 1.165) is 17.1 Å². The lowest BCUT2D eigenvalue weighted by molar-refractivity contribution is 0.598. The molecule has 12 aromatic rings. The molecule has 2 nitrogen and oxygen atoms in total. The van der Waals surface area contributed by atoms with Gasteiger partial charge in [-0.2, -0.15) is 0 Å². The monoisotopic (exact) mass is 998 g/mol. The molecule has 0 atom stereocenters. The Labute approximate surface area is 458 Å². The number of nitrogens with zero attached hydrogens (tertiary/aromatic N) is 2. The molecule has 0 bridgehead atoms. The predicted octanol–water partition coefficient (Wildman–Crippen LogP) is 21.1. The fraction of sp³-hybridized carbons (Fsp3) is 0.0789. The molecule has 0 unspecified atom stereocenters. The van der Waals surface area contributed by atoms with Crippen LogP contribution in [0, 0.1) is 0 Å². The van der Waals surface area contributed by atoms with Gasteiger partial charge in [0, 0.05) is 27.9 Å². The van der Waals surface area contributed by atoms with Crippen molar-refractivity contribution < 1.29 is 0 Å². The van der Waals surface area contributed by atoms with Gasteiger partial charge in [-0.3, -0.25) is 0 Å². The van der Waals surface area contributed by atoms with Gasteiger partial charge in [0.1, 0.15) is 0 Å². The molecule has 0 spiro atoms. The van der Waals surface area contributed by atoms with Crippen LogP contribution in [0.4, 0.5) is 34.1 Å². The van der Waals surface area contributed by atoms with Crippen molar-refractivity contribution in [1.82, 2.24) is 0 Å². The highest BCUT2D eigenvalue weighted by Crippen LogP contribution is 2.61. The molecule has 0 fully saturated rings. The molecule has 0 amide bonds. The van der Waals surface area contributed by atoms with E-state index in [1.165, 1.54) is 117 Å². The lowest BCUT2D eigenvalue weighted by Gasteiger charge is -2.50. The van der Waals surface area contributed by atoms with Crippen LogP contribution in [0.2, 0.25) is 0 Å². The summed E-state index contributed by atoms with van der Waals surface area (Å²) in [4.78, 5) is 4.95. The molecular weight excluding hydrogens is 941 g/mol. The maximum absolute atomic E-state index is 2.58. The molecule has 0 N–H and O–H groups in total. The summed E-state index contributed by atoms with van der Waals surface area (Å²) in [5.41, 5.74) is 26.5. The first-order valence-electron chi connectivity index (χ1n) is 27.3. The number of hydrogen-bond donors (Lipinski definition) is 0. The number of benzene rings is 12. The van der Waals surface area contributed by atoms with Crippen LogP contribution in [0.3, 0.4) is 0 Å². The molecule has 0 aromatic heterocycles. The highest BCUT2D eigenvalue weighted by atomic mass is 15.2. The van der Waals surface area contributed by atoms with E-state index in [-0.39, 0.29) is 10.8 Å². The second-order valence-corrected chi connectivity index (χ2v) is 22.2. The van der Waals surface area contributed by atoms with Gasteiger partial charge in [-0.1, -0.05) is 228 Å². The second kappa shape index (κ2) is 18.7. The molecule has 2 aliphatic rings. The minimum absolute atomic E-state index is 0.282.